The normalized spacial score (nSPS) is 10.1. The molecule has 0 unspecified atom stereocenters. The molecule has 0 amide bonds. The van der Waals surface area contributed by atoms with Crippen LogP contribution in [0.1, 0.15) is 0 Å². The predicted octanol–water partition coefficient (Wildman–Crippen LogP) is 2.21. The van der Waals surface area contributed by atoms with E-state index in [9.17, 15) is 0 Å². The van der Waals surface area contributed by atoms with Crippen molar-refractivity contribution in [3.63, 3.8) is 0 Å². The van der Waals surface area contributed by atoms with Crippen LogP contribution < -0.4 is 4.74 Å². The summed E-state index contributed by atoms with van der Waals surface area (Å²) in [5, 5.41) is 0.855. The van der Waals surface area contributed by atoms with Gasteiger partial charge in [-0.2, -0.15) is 4.37 Å². The molecule has 0 saturated heterocycles. The minimum absolute atomic E-state index is 0.722. The number of methoxy groups -OCH3 is 1. The second-order valence-electron chi connectivity index (χ2n) is 2.44. The summed E-state index contributed by atoms with van der Waals surface area (Å²) in [5.41, 5.74) is 0.933. The molecule has 0 bridgehead atoms. The second-order valence-corrected chi connectivity index (χ2v) is 4.16. The van der Waals surface area contributed by atoms with E-state index in [-0.39, 0.29) is 0 Å². The monoisotopic (exact) mass is 319 g/mol. The first kappa shape index (κ1) is 9.78. The van der Waals surface area contributed by atoms with Gasteiger partial charge in [-0.05, 0) is 17.6 Å². The number of nitrogens with zero attached hydrogens (tertiary/aromatic N) is 3. The lowest BCUT2D eigenvalue weighted by molar-refractivity contribution is 0.414. The lowest BCUT2D eigenvalue weighted by Crippen LogP contribution is -1.88. The molecule has 0 atom stereocenters. The van der Waals surface area contributed by atoms with E-state index in [4.69, 9.17) is 4.74 Å². The van der Waals surface area contributed by atoms with Crippen molar-refractivity contribution in [1.82, 2.24) is 14.3 Å². The third-order valence-electron chi connectivity index (χ3n) is 1.64. The molecule has 14 heavy (non-hydrogen) atoms. The highest BCUT2D eigenvalue weighted by atomic mass is 127. The molecule has 0 saturated carbocycles. The molecule has 6 heteroatoms. The van der Waals surface area contributed by atoms with Crippen LogP contribution in [0.2, 0.25) is 0 Å². The molecule has 2 rings (SSSR count). The summed E-state index contributed by atoms with van der Waals surface area (Å²) in [5.74, 6) is 0.722. The van der Waals surface area contributed by atoms with Gasteiger partial charge in [-0.15, -0.1) is 0 Å². The first-order chi connectivity index (χ1) is 6.81. The minimum Gasteiger partial charge on any atom is -0.494 e. The summed E-state index contributed by atoms with van der Waals surface area (Å²) in [6.45, 7) is 0. The molecule has 2 heterocycles. The second kappa shape index (κ2) is 4.18. The Morgan fingerprint density at radius 1 is 1.50 bits per heavy atom. The number of hydrogen-bond acceptors (Lipinski definition) is 5. The van der Waals surface area contributed by atoms with E-state index < -0.39 is 0 Å². The van der Waals surface area contributed by atoms with Gasteiger partial charge in [0.15, 0.2) is 0 Å². The fourth-order valence-corrected chi connectivity index (χ4v) is 2.33. The number of pyridine rings is 1. The summed E-state index contributed by atoms with van der Waals surface area (Å²) in [6.07, 6.45) is 3.38. The highest BCUT2D eigenvalue weighted by molar-refractivity contribution is 14.1. The molecule has 4 nitrogen and oxygen atoms in total. The zero-order chi connectivity index (χ0) is 9.97. The molecule has 0 spiro atoms. The van der Waals surface area contributed by atoms with Crippen LogP contribution in [0.25, 0.3) is 10.6 Å². The van der Waals surface area contributed by atoms with E-state index >= 15 is 0 Å². The molecule has 0 aliphatic carbocycles. The molecule has 2 aromatic rings. The molecule has 0 N–H and O–H groups in total. The van der Waals surface area contributed by atoms with Crippen LogP contribution >= 0.6 is 34.1 Å². The molecule has 0 aromatic carbocycles. The minimum atomic E-state index is 0.722. The summed E-state index contributed by atoms with van der Waals surface area (Å²) >= 11 is 3.44. The van der Waals surface area contributed by atoms with Gasteiger partial charge in [0.25, 0.3) is 0 Å². The van der Waals surface area contributed by atoms with Crippen molar-refractivity contribution in [2.75, 3.05) is 7.11 Å². The fraction of sp³-hybridized carbons (Fsp3) is 0.125. The van der Waals surface area contributed by atoms with Gasteiger partial charge in [-0.25, -0.2) is 4.98 Å². The molecule has 0 fully saturated rings. The van der Waals surface area contributed by atoms with E-state index in [0.717, 1.165) is 20.2 Å². The van der Waals surface area contributed by atoms with Crippen molar-refractivity contribution in [2.45, 2.75) is 0 Å². The van der Waals surface area contributed by atoms with Crippen LogP contribution in [0.5, 0.6) is 5.75 Å². The summed E-state index contributed by atoms with van der Waals surface area (Å²) in [7, 11) is 1.62. The molecule has 0 aliphatic heterocycles. The molecule has 0 aliphatic rings. The maximum Gasteiger partial charge on any atom is 0.203 e. The Bertz CT molecular complexity index is 446. The number of hydrogen-bond donors (Lipinski definition) is 0. The summed E-state index contributed by atoms with van der Waals surface area (Å²) in [6, 6.07) is 1.87. The van der Waals surface area contributed by atoms with Gasteiger partial charge in [0.1, 0.15) is 10.8 Å². The quantitative estimate of drug-likeness (QED) is 0.797. The zero-order valence-electron chi connectivity index (χ0n) is 7.27. The van der Waals surface area contributed by atoms with E-state index in [2.05, 4.69) is 36.9 Å². The fourth-order valence-electron chi connectivity index (χ4n) is 1.03. The third-order valence-corrected chi connectivity index (χ3v) is 3.19. The number of halogens is 1. The van der Waals surface area contributed by atoms with Crippen molar-refractivity contribution in [3.8, 4) is 16.3 Å². The predicted molar refractivity (Wildman–Crippen MR) is 62.4 cm³/mol. The highest BCUT2D eigenvalue weighted by Gasteiger charge is 2.09. The van der Waals surface area contributed by atoms with E-state index in [1.807, 2.05) is 6.07 Å². The van der Waals surface area contributed by atoms with Crippen LogP contribution in [0, 0.1) is 3.83 Å². The lowest BCUT2D eigenvalue weighted by Gasteiger charge is -2.02. The van der Waals surface area contributed by atoms with E-state index in [0.29, 0.717) is 0 Å². The number of aromatic nitrogens is 3. The standard InChI is InChI=1S/C8H6IN3OS/c1-13-6-4-10-3-2-5(6)7-11-8(9)12-14-7/h2-4H,1H3. The Hall–Kier alpha value is -0.760. The molecule has 0 radical (unpaired) electrons. The summed E-state index contributed by atoms with van der Waals surface area (Å²) in [4.78, 5) is 8.25. The van der Waals surface area contributed by atoms with Gasteiger partial charge in [0.05, 0.1) is 18.9 Å². The van der Waals surface area contributed by atoms with Crippen LogP contribution in [-0.4, -0.2) is 21.5 Å². The number of rotatable bonds is 2. The Morgan fingerprint density at radius 2 is 2.36 bits per heavy atom. The maximum atomic E-state index is 5.18. The Balaban J connectivity index is 2.50. The van der Waals surface area contributed by atoms with Crippen molar-refractivity contribution in [3.05, 3.63) is 22.3 Å². The van der Waals surface area contributed by atoms with Crippen LogP contribution in [0.4, 0.5) is 0 Å². The zero-order valence-corrected chi connectivity index (χ0v) is 10.2. The molecule has 72 valence electrons. The van der Waals surface area contributed by atoms with Crippen LogP contribution in [0.15, 0.2) is 18.5 Å². The third kappa shape index (κ3) is 1.85. The Kier molecular flexibility index (Phi) is 2.92. The van der Waals surface area contributed by atoms with Crippen molar-refractivity contribution in [2.24, 2.45) is 0 Å². The molecule has 2 aromatic heterocycles. The van der Waals surface area contributed by atoms with Gasteiger partial charge in [0.2, 0.25) is 3.83 Å². The van der Waals surface area contributed by atoms with Gasteiger partial charge >= 0.3 is 0 Å². The first-order valence-corrected chi connectivity index (χ1v) is 5.64. The smallest absolute Gasteiger partial charge is 0.203 e. The van der Waals surface area contributed by atoms with Crippen molar-refractivity contribution in [1.29, 1.82) is 0 Å². The first-order valence-electron chi connectivity index (χ1n) is 3.79. The van der Waals surface area contributed by atoms with Crippen LogP contribution in [0.3, 0.4) is 0 Å². The number of ether oxygens (including phenoxy) is 1. The van der Waals surface area contributed by atoms with E-state index in [1.165, 1.54) is 11.5 Å². The topological polar surface area (TPSA) is 47.9 Å². The summed E-state index contributed by atoms with van der Waals surface area (Å²) < 4.78 is 10.0. The Morgan fingerprint density at radius 3 is 3.00 bits per heavy atom. The largest absolute Gasteiger partial charge is 0.494 e. The Labute approximate surface area is 98.7 Å². The van der Waals surface area contributed by atoms with E-state index in [1.54, 1.807) is 19.5 Å². The van der Waals surface area contributed by atoms with Gasteiger partial charge < -0.3 is 4.74 Å². The van der Waals surface area contributed by atoms with Crippen LogP contribution in [-0.2, 0) is 0 Å². The molecular weight excluding hydrogens is 313 g/mol. The average Bonchev–Trinajstić information content (AvgIpc) is 2.65. The van der Waals surface area contributed by atoms with Crippen molar-refractivity contribution >= 4 is 34.1 Å². The van der Waals surface area contributed by atoms with Gasteiger partial charge in [0, 0.05) is 28.8 Å². The highest BCUT2D eigenvalue weighted by Crippen LogP contribution is 2.29. The van der Waals surface area contributed by atoms with Gasteiger partial charge in [-0.3, -0.25) is 4.98 Å². The molecular formula is C8H6IN3OS. The average molecular weight is 319 g/mol. The lowest BCUT2D eigenvalue weighted by atomic mass is 10.2. The van der Waals surface area contributed by atoms with Crippen molar-refractivity contribution < 1.29 is 4.74 Å². The SMILES string of the molecule is COc1cnccc1-c1nc(I)ns1. The van der Waals surface area contributed by atoms with Gasteiger partial charge in [-0.1, -0.05) is 0 Å². The maximum absolute atomic E-state index is 5.18.